The topological polar surface area (TPSA) is 76.8 Å². The van der Waals surface area contributed by atoms with E-state index in [9.17, 15) is 9.18 Å². The van der Waals surface area contributed by atoms with Gasteiger partial charge in [-0.05, 0) is 43.7 Å². The standard InChI is InChI=1S/C21H19FN6OS/c1-13-10-24-21(26-19(13)15-4-6-16(22)7-5-15)28-14(2)17(11-25-28)20(29)27(3)12-18-23-8-9-30-18/h4-11H,12H2,1-3H3. The number of amides is 1. The van der Waals surface area contributed by atoms with E-state index in [1.807, 2.05) is 12.3 Å². The van der Waals surface area contributed by atoms with E-state index in [0.717, 1.165) is 16.1 Å². The van der Waals surface area contributed by atoms with Crippen LogP contribution in [0.3, 0.4) is 0 Å². The number of aryl methyl sites for hydroxylation is 1. The Kier molecular flexibility index (Phi) is 5.37. The third-order valence-electron chi connectivity index (χ3n) is 4.71. The van der Waals surface area contributed by atoms with Crippen molar-refractivity contribution in [2.24, 2.45) is 0 Å². The monoisotopic (exact) mass is 422 g/mol. The molecule has 0 saturated heterocycles. The van der Waals surface area contributed by atoms with Crippen LogP contribution < -0.4 is 0 Å². The molecular weight excluding hydrogens is 403 g/mol. The lowest BCUT2D eigenvalue weighted by molar-refractivity contribution is 0.0784. The molecule has 1 amide bonds. The zero-order chi connectivity index (χ0) is 21.3. The maximum absolute atomic E-state index is 13.3. The van der Waals surface area contributed by atoms with Gasteiger partial charge in [-0.3, -0.25) is 4.79 Å². The first-order valence-electron chi connectivity index (χ1n) is 9.22. The molecule has 0 aliphatic rings. The van der Waals surface area contributed by atoms with E-state index in [2.05, 4.69) is 20.1 Å². The van der Waals surface area contributed by atoms with E-state index in [4.69, 9.17) is 0 Å². The second-order valence-electron chi connectivity index (χ2n) is 6.85. The van der Waals surface area contributed by atoms with Crippen molar-refractivity contribution in [3.8, 4) is 17.2 Å². The summed E-state index contributed by atoms with van der Waals surface area (Å²) < 4.78 is 14.8. The number of benzene rings is 1. The number of rotatable bonds is 5. The van der Waals surface area contributed by atoms with E-state index in [1.165, 1.54) is 34.3 Å². The summed E-state index contributed by atoms with van der Waals surface area (Å²) in [5, 5.41) is 7.08. The lowest BCUT2D eigenvalue weighted by Crippen LogP contribution is -2.26. The van der Waals surface area contributed by atoms with Crippen LogP contribution in [-0.4, -0.2) is 42.6 Å². The third kappa shape index (κ3) is 3.84. The maximum atomic E-state index is 13.3. The average molecular weight is 422 g/mol. The second-order valence-corrected chi connectivity index (χ2v) is 7.83. The van der Waals surface area contributed by atoms with Gasteiger partial charge in [-0.2, -0.15) is 5.10 Å². The first-order valence-corrected chi connectivity index (χ1v) is 10.1. The van der Waals surface area contributed by atoms with Crippen molar-refractivity contribution >= 4 is 17.2 Å². The maximum Gasteiger partial charge on any atom is 0.257 e. The van der Waals surface area contributed by atoms with E-state index in [1.54, 1.807) is 43.4 Å². The summed E-state index contributed by atoms with van der Waals surface area (Å²) in [6.07, 6.45) is 4.93. The van der Waals surface area contributed by atoms with Gasteiger partial charge in [0.25, 0.3) is 11.9 Å². The highest BCUT2D eigenvalue weighted by Crippen LogP contribution is 2.23. The summed E-state index contributed by atoms with van der Waals surface area (Å²) in [4.78, 5) is 27.7. The molecule has 3 heterocycles. The molecule has 0 atom stereocenters. The number of halogens is 1. The zero-order valence-corrected chi connectivity index (χ0v) is 17.5. The van der Waals surface area contributed by atoms with Crippen molar-refractivity contribution in [3.05, 3.63) is 75.9 Å². The Balaban J connectivity index is 1.64. The molecule has 152 valence electrons. The minimum Gasteiger partial charge on any atom is -0.335 e. The van der Waals surface area contributed by atoms with Gasteiger partial charge >= 0.3 is 0 Å². The van der Waals surface area contributed by atoms with Gasteiger partial charge < -0.3 is 4.90 Å². The van der Waals surface area contributed by atoms with Gasteiger partial charge in [-0.25, -0.2) is 24.0 Å². The highest BCUT2D eigenvalue weighted by Gasteiger charge is 2.21. The second kappa shape index (κ2) is 8.11. The van der Waals surface area contributed by atoms with Crippen LogP contribution in [0.15, 0.2) is 48.2 Å². The van der Waals surface area contributed by atoms with Gasteiger partial charge in [-0.15, -0.1) is 11.3 Å². The third-order valence-corrected chi connectivity index (χ3v) is 5.47. The molecule has 0 saturated carbocycles. The lowest BCUT2D eigenvalue weighted by atomic mass is 10.1. The van der Waals surface area contributed by atoms with Gasteiger partial charge in [0, 0.05) is 30.4 Å². The minimum absolute atomic E-state index is 0.153. The van der Waals surface area contributed by atoms with E-state index < -0.39 is 0 Å². The Labute approximate surface area is 176 Å². The highest BCUT2D eigenvalue weighted by molar-refractivity contribution is 7.09. The average Bonchev–Trinajstić information content (AvgIpc) is 3.38. The van der Waals surface area contributed by atoms with Crippen LogP contribution in [0.25, 0.3) is 17.2 Å². The van der Waals surface area contributed by atoms with Crippen molar-refractivity contribution < 1.29 is 9.18 Å². The Bertz CT molecular complexity index is 1190. The normalized spacial score (nSPS) is 10.9. The lowest BCUT2D eigenvalue weighted by Gasteiger charge is -2.15. The van der Waals surface area contributed by atoms with Crippen LogP contribution >= 0.6 is 11.3 Å². The van der Waals surface area contributed by atoms with Crippen molar-refractivity contribution in [1.82, 2.24) is 29.6 Å². The molecule has 9 heteroatoms. The van der Waals surface area contributed by atoms with Crippen molar-refractivity contribution in [2.45, 2.75) is 20.4 Å². The Hall–Kier alpha value is -3.46. The fraction of sp³-hybridized carbons (Fsp3) is 0.190. The smallest absolute Gasteiger partial charge is 0.257 e. The van der Waals surface area contributed by atoms with Crippen LogP contribution in [0.5, 0.6) is 0 Å². The summed E-state index contributed by atoms with van der Waals surface area (Å²) in [5.74, 6) is -0.113. The van der Waals surface area contributed by atoms with E-state index >= 15 is 0 Å². The number of aromatic nitrogens is 5. The van der Waals surface area contributed by atoms with Crippen molar-refractivity contribution in [3.63, 3.8) is 0 Å². The molecule has 0 N–H and O–H groups in total. The van der Waals surface area contributed by atoms with Crippen LogP contribution in [0.4, 0.5) is 4.39 Å². The minimum atomic E-state index is -0.307. The quantitative estimate of drug-likeness (QED) is 0.489. The van der Waals surface area contributed by atoms with Crippen molar-refractivity contribution in [2.75, 3.05) is 7.05 Å². The molecule has 0 aliphatic heterocycles. The number of nitrogens with zero attached hydrogens (tertiary/aromatic N) is 6. The first kappa shape index (κ1) is 19.8. The largest absolute Gasteiger partial charge is 0.335 e. The molecule has 0 unspecified atom stereocenters. The van der Waals surface area contributed by atoms with Crippen molar-refractivity contribution in [1.29, 1.82) is 0 Å². The van der Waals surface area contributed by atoms with E-state index in [-0.39, 0.29) is 11.7 Å². The van der Waals surface area contributed by atoms with Crippen LogP contribution in [0.1, 0.15) is 26.6 Å². The Morgan fingerprint density at radius 3 is 2.63 bits per heavy atom. The molecule has 0 aliphatic carbocycles. The molecule has 0 radical (unpaired) electrons. The Morgan fingerprint density at radius 1 is 1.17 bits per heavy atom. The van der Waals surface area contributed by atoms with Crippen LogP contribution in [-0.2, 0) is 6.54 Å². The molecule has 0 fully saturated rings. The molecular formula is C21H19FN6OS. The predicted octanol–water partition coefficient (Wildman–Crippen LogP) is 3.81. The number of hydrogen-bond donors (Lipinski definition) is 0. The summed E-state index contributed by atoms with van der Waals surface area (Å²) >= 11 is 1.50. The van der Waals surface area contributed by atoms with Gasteiger partial charge in [0.05, 0.1) is 29.7 Å². The first-order chi connectivity index (χ1) is 14.4. The fourth-order valence-electron chi connectivity index (χ4n) is 3.07. The van der Waals surface area contributed by atoms with Gasteiger partial charge in [0.2, 0.25) is 0 Å². The zero-order valence-electron chi connectivity index (χ0n) is 16.7. The number of thiazole rings is 1. The highest BCUT2D eigenvalue weighted by atomic mass is 32.1. The molecule has 1 aromatic carbocycles. The molecule has 0 spiro atoms. The van der Waals surface area contributed by atoms with Gasteiger partial charge in [0.15, 0.2) is 0 Å². The molecule has 4 rings (SSSR count). The Morgan fingerprint density at radius 2 is 1.93 bits per heavy atom. The molecule has 0 bridgehead atoms. The summed E-state index contributed by atoms with van der Waals surface area (Å²) in [5.41, 5.74) is 3.43. The molecule has 4 aromatic rings. The number of carbonyl (C=O) groups excluding carboxylic acids is 1. The predicted molar refractivity (Wildman–Crippen MR) is 112 cm³/mol. The van der Waals surface area contributed by atoms with Crippen LogP contribution in [0.2, 0.25) is 0 Å². The molecule has 7 nitrogen and oxygen atoms in total. The number of hydrogen-bond acceptors (Lipinski definition) is 6. The van der Waals surface area contributed by atoms with Crippen LogP contribution in [0, 0.1) is 19.7 Å². The summed E-state index contributed by atoms with van der Waals surface area (Å²) in [7, 11) is 1.73. The number of carbonyl (C=O) groups is 1. The fourth-order valence-corrected chi connectivity index (χ4v) is 3.74. The summed E-state index contributed by atoms with van der Waals surface area (Å²) in [6, 6.07) is 6.13. The summed E-state index contributed by atoms with van der Waals surface area (Å²) in [6.45, 7) is 4.12. The SMILES string of the molecule is Cc1cnc(-n2ncc(C(=O)N(C)Cc3nccs3)c2C)nc1-c1ccc(F)cc1. The van der Waals surface area contributed by atoms with E-state index in [0.29, 0.717) is 29.4 Å². The van der Waals surface area contributed by atoms with Gasteiger partial charge in [-0.1, -0.05) is 0 Å². The molecule has 30 heavy (non-hydrogen) atoms. The molecule has 3 aromatic heterocycles. The van der Waals surface area contributed by atoms with Gasteiger partial charge in [0.1, 0.15) is 10.8 Å².